The van der Waals surface area contributed by atoms with Gasteiger partial charge in [-0.1, -0.05) is 36.5 Å². The molecule has 2 N–H and O–H groups in total. The van der Waals surface area contributed by atoms with Gasteiger partial charge in [-0.15, -0.1) is 22.0 Å². The molecule has 0 fully saturated rings. The highest BCUT2D eigenvalue weighted by atomic mass is 32.2. The van der Waals surface area contributed by atoms with Crippen LogP contribution in [0.1, 0.15) is 28.7 Å². The minimum atomic E-state index is -0.262. The molecule has 0 aliphatic heterocycles. The third-order valence-electron chi connectivity index (χ3n) is 3.54. The van der Waals surface area contributed by atoms with Gasteiger partial charge in [-0.2, -0.15) is 0 Å². The van der Waals surface area contributed by atoms with E-state index in [1.165, 1.54) is 11.3 Å². The Morgan fingerprint density at radius 1 is 1.00 bits per heavy atom. The maximum absolute atomic E-state index is 12.3. The van der Waals surface area contributed by atoms with E-state index in [4.69, 9.17) is 0 Å². The summed E-state index contributed by atoms with van der Waals surface area (Å²) in [4.78, 5) is 24.9. The molecule has 0 atom stereocenters. The molecule has 6 nitrogen and oxygen atoms in total. The van der Waals surface area contributed by atoms with Gasteiger partial charge >= 0.3 is 0 Å². The summed E-state index contributed by atoms with van der Waals surface area (Å²) < 4.78 is 0. The summed E-state index contributed by atoms with van der Waals surface area (Å²) >= 11 is 3.03. The Kier molecular flexibility index (Phi) is 6.56. The summed E-state index contributed by atoms with van der Waals surface area (Å²) in [5, 5.41) is 15.0. The molecule has 0 aliphatic rings. The molecule has 0 aliphatic carbocycles. The van der Waals surface area contributed by atoms with Crippen LogP contribution in [-0.2, 0) is 10.5 Å². The average Bonchev–Trinajstić information content (AvgIpc) is 3.15. The summed E-state index contributed by atoms with van der Waals surface area (Å²) in [5.41, 5.74) is 1.15. The molecule has 0 spiro atoms. The van der Waals surface area contributed by atoms with Crippen LogP contribution in [0.25, 0.3) is 0 Å². The monoisotopic (exact) mass is 398 g/mol. The summed E-state index contributed by atoms with van der Waals surface area (Å²) in [6.45, 7) is 1.78. The lowest BCUT2D eigenvalue weighted by atomic mass is 10.2. The average molecular weight is 399 g/mol. The molecule has 1 heterocycles. The van der Waals surface area contributed by atoms with Crippen LogP contribution in [0, 0.1) is 0 Å². The Balaban J connectivity index is 1.55. The Hall–Kier alpha value is -2.71. The normalized spacial score (nSPS) is 10.4. The Bertz CT molecular complexity index is 911. The van der Waals surface area contributed by atoms with Crippen LogP contribution in [0.4, 0.5) is 10.8 Å². The fourth-order valence-electron chi connectivity index (χ4n) is 2.15. The van der Waals surface area contributed by atoms with Gasteiger partial charge in [0.05, 0.1) is 5.75 Å². The summed E-state index contributed by atoms with van der Waals surface area (Å²) in [6, 6.07) is 16.8. The van der Waals surface area contributed by atoms with Gasteiger partial charge in [-0.25, -0.2) is 0 Å². The lowest BCUT2D eigenvalue weighted by Gasteiger charge is -2.05. The van der Waals surface area contributed by atoms with Crippen LogP contribution in [0.3, 0.4) is 0 Å². The quantitative estimate of drug-likeness (QED) is 0.575. The number of aromatic nitrogens is 2. The molecule has 0 saturated heterocycles. The van der Waals surface area contributed by atoms with Crippen LogP contribution in [-0.4, -0.2) is 22.0 Å². The number of hydrogen-bond donors (Lipinski definition) is 2. The Morgan fingerprint density at radius 2 is 1.74 bits per heavy atom. The topological polar surface area (TPSA) is 84.0 Å². The van der Waals surface area contributed by atoms with Crippen LogP contribution < -0.4 is 10.6 Å². The molecule has 138 valence electrons. The first-order valence-electron chi connectivity index (χ1n) is 8.35. The van der Waals surface area contributed by atoms with Crippen molar-refractivity contribution in [1.29, 1.82) is 0 Å². The zero-order valence-electron chi connectivity index (χ0n) is 14.6. The lowest BCUT2D eigenvalue weighted by Crippen LogP contribution is -2.12. The molecule has 2 amide bonds. The highest BCUT2D eigenvalue weighted by Crippen LogP contribution is 2.25. The molecule has 0 bridgehead atoms. The van der Waals surface area contributed by atoms with E-state index in [0.717, 1.165) is 9.90 Å². The summed E-state index contributed by atoms with van der Waals surface area (Å²) in [5.74, 6) is 0.368. The van der Waals surface area contributed by atoms with Gasteiger partial charge in [0.15, 0.2) is 0 Å². The molecule has 3 rings (SSSR count). The zero-order valence-corrected chi connectivity index (χ0v) is 16.3. The number of carbonyl (C=O) groups excluding carboxylic acids is 2. The molecule has 3 aromatic rings. The van der Waals surface area contributed by atoms with Crippen molar-refractivity contribution < 1.29 is 9.59 Å². The van der Waals surface area contributed by atoms with Crippen molar-refractivity contribution in [3.63, 3.8) is 0 Å². The van der Waals surface area contributed by atoms with Gasteiger partial charge in [-0.3, -0.25) is 14.9 Å². The first-order chi connectivity index (χ1) is 13.1. The SMILES string of the molecule is CCC(=O)Nc1ccc(C(=O)Nc2nnc(CSc3ccccc3)s2)cc1. The smallest absolute Gasteiger partial charge is 0.257 e. The first kappa shape index (κ1) is 19.1. The maximum atomic E-state index is 12.3. The van der Waals surface area contributed by atoms with E-state index in [-0.39, 0.29) is 11.8 Å². The molecule has 2 aromatic carbocycles. The second-order valence-electron chi connectivity index (χ2n) is 5.54. The predicted octanol–water partition coefficient (Wildman–Crippen LogP) is 4.43. The number of anilines is 2. The van der Waals surface area contributed by atoms with Crippen molar-refractivity contribution in [2.45, 2.75) is 24.0 Å². The standard InChI is InChI=1S/C19H18N4O2S2/c1-2-16(24)20-14-10-8-13(9-11-14)18(25)21-19-23-22-17(27-19)12-26-15-6-4-3-5-7-15/h3-11H,2,12H2,1H3,(H,20,24)(H,21,23,25). The second kappa shape index (κ2) is 9.29. The molecular formula is C19H18N4O2S2. The van der Waals surface area contributed by atoms with Crippen molar-refractivity contribution in [3.05, 3.63) is 65.2 Å². The second-order valence-corrected chi connectivity index (χ2v) is 7.65. The van der Waals surface area contributed by atoms with E-state index in [2.05, 4.69) is 20.8 Å². The van der Waals surface area contributed by atoms with Crippen molar-refractivity contribution >= 4 is 45.7 Å². The van der Waals surface area contributed by atoms with E-state index in [9.17, 15) is 9.59 Å². The fourth-order valence-corrected chi connectivity index (χ4v) is 3.79. The molecule has 27 heavy (non-hydrogen) atoms. The maximum Gasteiger partial charge on any atom is 0.257 e. The van der Waals surface area contributed by atoms with E-state index in [1.54, 1.807) is 43.0 Å². The van der Waals surface area contributed by atoms with Crippen LogP contribution in [0.2, 0.25) is 0 Å². The highest BCUT2D eigenvalue weighted by Gasteiger charge is 2.11. The Morgan fingerprint density at radius 3 is 2.44 bits per heavy atom. The largest absolute Gasteiger partial charge is 0.326 e. The highest BCUT2D eigenvalue weighted by molar-refractivity contribution is 7.98. The number of benzene rings is 2. The number of rotatable bonds is 7. The van der Waals surface area contributed by atoms with Crippen molar-refractivity contribution in [1.82, 2.24) is 10.2 Å². The summed E-state index contributed by atoms with van der Waals surface area (Å²) in [7, 11) is 0. The molecule has 0 unspecified atom stereocenters. The van der Waals surface area contributed by atoms with E-state index in [0.29, 0.717) is 28.6 Å². The van der Waals surface area contributed by atoms with Gasteiger partial charge in [-0.05, 0) is 36.4 Å². The van der Waals surface area contributed by atoms with E-state index >= 15 is 0 Å². The number of hydrogen-bond acceptors (Lipinski definition) is 6. The molecular weight excluding hydrogens is 380 g/mol. The predicted molar refractivity (Wildman–Crippen MR) is 109 cm³/mol. The van der Waals surface area contributed by atoms with Gasteiger partial charge < -0.3 is 5.32 Å². The third kappa shape index (κ3) is 5.63. The number of carbonyl (C=O) groups is 2. The van der Waals surface area contributed by atoms with Crippen molar-refractivity contribution in [2.24, 2.45) is 0 Å². The molecule has 8 heteroatoms. The van der Waals surface area contributed by atoms with Gasteiger partial charge in [0, 0.05) is 22.6 Å². The van der Waals surface area contributed by atoms with Gasteiger partial charge in [0.1, 0.15) is 5.01 Å². The van der Waals surface area contributed by atoms with Crippen LogP contribution in [0.15, 0.2) is 59.5 Å². The number of thioether (sulfide) groups is 1. The van der Waals surface area contributed by atoms with Crippen LogP contribution >= 0.6 is 23.1 Å². The molecule has 0 saturated carbocycles. The number of amides is 2. The minimum Gasteiger partial charge on any atom is -0.326 e. The third-order valence-corrected chi connectivity index (χ3v) is 5.59. The zero-order chi connectivity index (χ0) is 19.1. The van der Waals surface area contributed by atoms with E-state index in [1.807, 2.05) is 30.3 Å². The lowest BCUT2D eigenvalue weighted by molar-refractivity contribution is -0.115. The number of nitrogens with zero attached hydrogens (tertiary/aromatic N) is 2. The van der Waals surface area contributed by atoms with Gasteiger partial charge in [0.25, 0.3) is 5.91 Å². The molecule has 1 aromatic heterocycles. The summed E-state index contributed by atoms with van der Waals surface area (Å²) in [6.07, 6.45) is 0.407. The van der Waals surface area contributed by atoms with Crippen LogP contribution in [0.5, 0.6) is 0 Å². The van der Waals surface area contributed by atoms with Crippen molar-refractivity contribution in [3.8, 4) is 0 Å². The first-order valence-corrected chi connectivity index (χ1v) is 10.2. The van der Waals surface area contributed by atoms with Crippen molar-refractivity contribution in [2.75, 3.05) is 10.6 Å². The molecule has 0 radical (unpaired) electrons. The Labute approximate surface area is 165 Å². The number of nitrogens with one attached hydrogen (secondary N) is 2. The fraction of sp³-hybridized carbons (Fsp3) is 0.158. The van der Waals surface area contributed by atoms with Gasteiger partial charge in [0.2, 0.25) is 11.0 Å². The van der Waals surface area contributed by atoms with E-state index < -0.39 is 0 Å². The minimum absolute atomic E-state index is 0.0676.